The molecular formula is C18H21NO3. The van der Waals surface area contributed by atoms with E-state index in [0.29, 0.717) is 24.9 Å². The molecule has 0 radical (unpaired) electrons. The third-order valence-corrected chi connectivity index (χ3v) is 6.01. The first kappa shape index (κ1) is 8.34. The number of likely N-dealkylation sites (tertiary alicyclic amines) is 1. The summed E-state index contributed by atoms with van der Waals surface area (Å²) in [5, 5.41) is 0. The maximum absolute atomic E-state index is 13.1. The molecule has 2 bridgehead atoms. The van der Waals surface area contributed by atoms with Crippen molar-refractivity contribution in [2.75, 3.05) is 20.6 Å². The maximum atomic E-state index is 13.1. The van der Waals surface area contributed by atoms with Crippen LogP contribution in [0.25, 0.3) is 0 Å². The fraction of sp³-hybridized carbons (Fsp3) is 0.611. The Labute approximate surface area is 138 Å². The molecule has 2 heterocycles. The fourth-order valence-electron chi connectivity index (χ4n) is 5.05. The van der Waals surface area contributed by atoms with E-state index in [1.165, 1.54) is 6.07 Å². The number of nitrogens with zero attached hydrogens (tertiary/aromatic N) is 1. The molecule has 0 N–H and O–H groups in total. The van der Waals surface area contributed by atoms with Crippen LogP contribution >= 0.6 is 0 Å². The van der Waals surface area contributed by atoms with Crippen LogP contribution in [-0.2, 0) is 16.6 Å². The highest BCUT2D eigenvalue weighted by Gasteiger charge is 2.65. The molecule has 1 aromatic rings. The number of hydrogen-bond donors (Lipinski definition) is 0. The minimum absolute atomic E-state index is 0.00177. The number of piperidine rings is 1. The molecule has 4 heteroatoms. The minimum Gasteiger partial charge on any atom is -0.493 e. The quantitative estimate of drug-likeness (QED) is 0.795. The lowest BCUT2D eigenvalue weighted by molar-refractivity contribution is -0.138. The molecule has 116 valence electrons. The first-order valence-corrected chi connectivity index (χ1v) is 7.70. The molecule has 22 heavy (non-hydrogen) atoms. The molecule has 1 saturated carbocycles. The van der Waals surface area contributed by atoms with E-state index >= 15 is 0 Å². The van der Waals surface area contributed by atoms with Gasteiger partial charge in [0, 0.05) is 26.1 Å². The summed E-state index contributed by atoms with van der Waals surface area (Å²) in [5.41, 5.74) is 0.622. The molecule has 1 aromatic carbocycles. The first-order valence-electron chi connectivity index (χ1n) is 10.7. The van der Waals surface area contributed by atoms with Crippen LogP contribution in [-0.4, -0.2) is 43.4 Å². The molecule has 0 amide bonds. The Hall–Kier alpha value is -1.55. The van der Waals surface area contributed by atoms with Crippen molar-refractivity contribution in [3.63, 3.8) is 0 Å². The highest BCUT2D eigenvalue weighted by molar-refractivity contribution is 5.89. The van der Waals surface area contributed by atoms with Crippen LogP contribution in [0.5, 0.6) is 11.5 Å². The van der Waals surface area contributed by atoms with Gasteiger partial charge in [-0.2, -0.15) is 0 Å². The summed E-state index contributed by atoms with van der Waals surface area (Å²) < 4.78 is 59.0. The standard InChI is InChI=1S/C18H21NO3/c1-19-8-7-18-11-4-5-13(20)17(18)22-16-14(21-2)6-3-10(15(16)18)9-12(11)19/h3,6,11-12,17H,4-5,7-9H2,1-2H3/t11-,12+,17?,18-/m0/s1/i2D3,5D2,17D. The molecule has 2 fully saturated rings. The van der Waals surface area contributed by atoms with E-state index in [0.717, 1.165) is 5.56 Å². The van der Waals surface area contributed by atoms with Crippen molar-refractivity contribution in [2.24, 2.45) is 5.92 Å². The van der Waals surface area contributed by atoms with Gasteiger partial charge in [-0.3, -0.25) is 4.79 Å². The molecule has 1 unspecified atom stereocenters. The molecule has 4 atom stereocenters. The first-order chi connectivity index (χ1) is 12.9. The van der Waals surface area contributed by atoms with Gasteiger partial charge in [0.15, 0.2) is 23.4 Å². The van der Waals surface area contributed by atoms with Crippen molar-refractivity contribution in [1.29, 1.82) is 0 Å². The van der Waals surface area contributed by atoms with E-state index < -0.39 is 30.7 Å². The highest BCUT2D eigenvalue weighted by Crippen LogP contribution is 2.62. The summed E-state index contributed by atoms with van der Waals surface area (Å²) in [4.78, 5) is 15.3. The van der Waals surface area contributed by atoms with Crippen molar-refractivity contribution >= 4 is 5.78 Å². The van der Waals surface area contributed by atoms with Crippen molar-refractivity contribution in [1.82, 2.24) is 4.90 Å². The second-order valence-corrected chi connectivity index (χ2v) is 6.75. The normalized spacial score (nSPS) is 48.7. The lowest BCUT2D eigenvalue weighted by atomic mass is 9.52. The number of benzene rings is 1. The van der Waals surface area contributed by atoms with Crippen LogP contribution in [0.15, 0.2) is 12.1 Å². The maximum Gasteiger partial charge on any atom is 0.174 e. The van der Waals surface area contributed by atoms with Crippen LogP contribution in [0.2, 0.25) is 0 Å². The molecule has 2 aliphatic carbocycles. The number of carbonyl (C=O) groups excluding carboxylic acids is 1. The monoisotopic (exact) mass is 305 g/mol. The van der Waals surface area contributed by atoms with Gasteiger partial charge in [0.05, 0.1) is 12.5 Å². The molecule has 5 rings (SSSR count). The number of carbonyl (C=O) groups is 1. The summed E-state index contributed by atoms with van der Waals surface area (Å²) in [5.74, 6) is -1.04. The minimum atomic E-state index is -2.70. The van der Waals surface area contributed by atoms with Gasteiger partial charge in [0.25, 0.3) is 0 Å². The van der Waals surface area contributed by atoms with Crippen LogP contribution in [0.4, 0.5) is 0 Å². The van der Waals surface area contributed by atoms with Gasteiger partial charge in [-0.15, -0.1) is 0 Å². The fourth-order valence-corrected chi connectivity index (χ4v) is 5.05. The zero-order valence-corrected chi connectivity index (χ0v) is 12.3. The largest absolute Gasteiger partial charge is 0.493 e. The number of Topliss-reactive ketones (excluding diaryl/α,β-unsaturated/α-hetero) is 1. The molecular weight excluding hydrogens is 278 g/mol. The van der Waals surface area contributed by atoms with Crippen molar-refractivity contribution in [3.8, 4) is 11.5 Å². The van der Waals surface area contributed by atoms with Gasteiger partial charge in [-0.1, -0.05) is 6.07 Å². The molecule has 4 aliphatic rings. The van der Waals surface area contributed by atoms with Crippen molar-refractivity contribution in [3.05, 3.63) is 23.3 Å². The molecule has 2 aliphatic heterocycles. The van der Waals surface area contributed by atoms with E-state index in [1.54, 1.807) is 6.07 Å². The zero-order chi connectivity index (χ0) is 20.3. The Morgan fingerprint density at radius 3 is 3.36 bits per heavy atom. The zero-order valence-electron chi connectivity index (χ0n) is 18.3. The van der Waals surface area contributed by atoms with Crippen LogP contribution < -0.4 is 9.47 Å². The third-order valence-electron chi connectivity index (χ3n) is 6.01. The number of rotatable bonds is 1. The molecule has 4 nitrogen and oxygen atoms in total. The van der Waals surface area contributed by atoms with Crippen molar-refractivity contribution < 1.29 is 22.5 Å². The Bertz CT molecular complexity index is 902. The lowest BCUT2D eigenvalue weighted by Crippen LogP contribution is -2.65. The van der Waals surface area contributed by atoms with Gasteiger partial charge >= 0.3 is 0 Å². The predicted molar refractivity (Wildman–Crippen MR) is 81.6 cm³/mol. The van der Waals surface area contributed by atoms with E-state index in [2.05, 4.69) is 4.90 Å². The average Bonchev–Trinajstić information content (AvgIpc) is 2.85. The molecule has 0 aromatic heterocycles. The average molecular weight is 305 g/mol. The van der Waals surface area contributed by atoms with E-state index in [-0.39, 0.29) is 29.9 Å². The van der Waals surface area contributed by atoms with Crippen LogP contribution in [0.1, 0.15) is 38.6 Å². The lowest BCUT2D eigenvalue weighted by Gasteiger charge is -2.57. The van der Waals surface area contributed by atoms with Gasteiger partial charge in [0.2, 0.25) is 0 Å². The number of ketones is 1. The van der Waals surface area contributed by atoms with E-state index in [1.807, 2.05) is 7.05 Å². The summed E-state index contributed by atoms with van der Waals surface area (Å²) in [6.45, 7) is 0.657. The SMILES string of the molecule is [2H]C([2H])([2H])Oc1ccc2c3c1OC1([2H])C(=O)C([2H])([2H])C[C@H]4[C@@H](C2)N(C)CC[C@@]341. The second kappa shape index (κ2) is 4.05. The highest BCUT2D eigenvalue weighted by atomic mass is 16.5. The van der Waals surface area contributed by atoms with E-state index in [9.17, 15) is 4.79 Å². The number of methoxy groups -OCH3 is 1. The molecule has 1 spiro atoms. The Kier molecular flexibility index (Phi) is 1.53. The number of hydrogen-bond acceptors (Lipinski definition) is 4. The summed E-state index contributed by atoms with van der Waals surface area (Å²) in [6.07, 6.45) is -3.13. The van der Waals surface area contributed by atoms with Gasteiger partial charge in [-0.05, 0) is 50.4 Å². The predicted octanol–water partition coefficient (Wildman–Crippen LogP) is 1.93. The second-order valence-electron chi connectivity index (χ2n) is 6.75. The number of ether oxygens (including phenoxy) is 2. The summed E-state index contributed by atoms with van der Waals surface area (Å²) in [6, 6.07) is 3.32. The Morgan fingerprint density at radius 2 is 2.50 bits per heavy atom. The van der Waals surface area contributed by atoms with Crippen LogP contribution in [0.3, 0.4) is 0 Å². The number of likely N-dealkylation sites (N-methyl/N-ethyl adjacent to an activating group) is 1. The topological polar surface area (TPSA) is 38.8 Å². The van der Waals surface area contributed by atoms with Crippen LogP contribution in [0, 0.1) is 5.92 Å². The smallest absolute Gasteiger partial charge is 0.174 e. The Morgan fingerprint density at radius 1 is 1.59 bits per heavy atom. The van der Waals surface area contributed by atoms with Crippen molar-refractivity contribution in [2.45, 2.75) is 43.2 Å². The van der Waals surface area contributed by atoms with Gasteiger partial charge in [-0.25, -0.2) is 0 Å². The van der Waals surface area contributed by atoms with Gasteiger partial charge in [0.1, 0.15) is 0 Å². The van der Waals surface area contributed by atoms with Gasteiger partial charge < -0.3 is 14.4 Å². The molecule has 1 saturated heterocycles. The summed E-state index contributed by atoms with van der Waals surface area (Å²) >= 11 is 0. The third kappa shape index (κ3) is 1.27. The summed E-state index contributed by atoms with van der Waals surface area (Å²) in [7, 11) is -0.709. The van der Waals surface area contributed by atoms with E-state index in [4.69, 9.17) is 17.7 Å². The Balaban J connectivity index is 1.79.